The van der Waals surface area contributed by atoms with Crippen molar-refractivity contribution in [3.8, 4) is 11.5 Å². The standard InChI is InChI=1S/C17H16BrNO3S/c18-13-3-1-2-4-16(13)23-8-7-17(20)19-10-12-5-6-14-15(9-12)22-11-21-14/h1-6,9H,7-8,10-11H2,(H,19,20). The molecule has 1 amide bonds. The Kier molecular flexibility index (Phi) is 5.46. The highest BCUT2D eigenvalue weighted by Gasteiger charge is 2.13. The summed E-state index contributed by atoms with van der Waals surface area (Å²) < 4.78 is 11.7. The van der Waals surface area contributed by atoms with Crippen LogP contribution >= 0.6 is 27.7 Å². The van der Waals surface area contributed by atoms with Crippen LogP contribution in [0.25, 0.3) is 0 Å². The molecule has 0 saturated heterocycles. The van der Waals surface area contributed by atoms with Crippen molar-refractivity contribution in [3.63, 3.8) is 0 Å². The molecule has 0 bridgehead atoms. The van der Waals surface area contributed by atoms with Gasteiger partial charge in [-0.05, 0) is 45.8 Å². The van der Waals surface area contributed by atoms with Crippen LogP contribution in [0.1, 0.15) is 12.0 Å². The van der Waals surface area contributed by atoms with E-state index in [-0.39, 0.29) is 12.7 Å². The zero-order chi connectivity index (χ0) is 16.1. The van der Waals surface area contributed by atoms with E-state index in [0.717, 1.165) is 32.2 Å². The number of hydrogen-bond acceptors (Lipinski definition) is 4. The quantitative estimate of drug-likeness (QED) is 0.754. The van der Waals surface area contributed by atoms with Gasteiger partial charge in [0.1, 0.15) is 0 Å². The first kappa shape index (κ1) is 16.2. The summed E-state index contributed by atoms with van der Waals surface area (Å²) in [5.41, 5.74) is 1.00. The van der Waals surface area contributed by atoms with E-state index in [2.05, 4.69) is 21.2 Å². The molecule has 0 radical (unpaired) electrons. The molecule has 2 aromatic carbocycles. The van der Waals surface area contributed by atoms with Crippen molar-refractivity contribution in [2.45, 2.75) is 17.9 Å². The predicted octanol–water partition coefficient (Wildman–Crippen LogP) is 3.98. The summed E-state index contributed by atoms with van der Waals surface area (Å²) in [6, 6.07) is 13.7. The van der Waals surface area contributed by atoms with Gasteiger partial charge in [-0.2, -0.15) is 0 Å². The number of thioether (sulfide) groups is 1. The van der Waals surface area contributed by atoms with Gasteiger partial charge in [-0.1, -0.05) is 18.2 Å². The Bertz CT molecular complexity index is 708. The zero-order valence-corrected chi connectivity index (χ0v) is 14.8. The Balaban J connectivity index is 1.42. The second-order valence-electron chi connectivity index (χ2n) is 4.99. The largest absolute Gasteiger partial charge is 0.454 e. The number of carbonyl (C=O) groups is 1. The van der Waals surface area contributed by atoms with Crippen molar-refractivity contribution in [3.05, 3.63) is 52.5 Å². The Labute approximate surface area is 147 Å². The Morgan fingerprint density at radius 1 is 1.17 bits per heavy atom. The SMILES string of the molecule is O=C(CCSc1ccccc1Br)NCc1ccc2c(c1)OCO2. The topological polar surface area (TPSA) is 47.6 Å². The number of rotatable bonds is 6. The van der Waals surface area contributed by atoms with Crippen LogP contribution in [-0.2, 0) is 11.3 Å². The van der Waals surface area contributed by atoms with Gasteiger partial charge >= 0.3 is 0 Å². The molecule has 0 aromatic heterocycles. The maximum atomic E-state index is 11.9. The summed E-state index contributed by atoms with van der Waals surface area (Å²) in [5.74, 6) is 2.28. The third-order valence-electron chi connectivity index (χ3n) is 3.35. The Hall–Kier alpha value is -1.66. The second-order valence-corrected chi connectivity index (χ2v) is 6.98. The fraction of sp³-hybridized carbons (Fsp3) is 0.235. The number of benzene rings is 2. The van der Waals surface area contributed by atoms with Gasteiger partial charge in [-0.15, -0.1) is 11.8 Å². The van der Waals surface area contributed by atoms with Gasteiger partial charge in [0, 0.05) is 28.1 Å². The maximum Gasteiger partial charge on any atom is 0.231 e. The first-order chi connectivity index (χ1) is 11.2. The van der Waals surface area contributed by atoms with Crippen LogP contribution in [0, 0.1) is 0 Å². The van der Waals surface area contributed by atoms with Crippen molar-refractivity contribution in [2.24, 2.45) is 0 Å². The molecule has 1 heterocycles. The van der Waals surface area contributed by atoms with Gasteiger partial charge in [0.15, 0.2) is 11.5 Å². The summed E-state index contributed by atoms with van der Waals surface area (Å²) >= 11 is 5.17. The second kappa shape index (κ2) is 7.75. The van der Waals surface area contributed by atoms with Crippen LogP contribution in [0.15, 0.2) is 51.8 Å². The average Bonchev–Trinajstić information content (AvgIpc) is 3.02. The maximum absolute atomic E-state index is 11.9. The van der Waals surface area contributed by atoms with Crippen LogP contribution < -0.4 is 14.8 Å². The van der Waals surface area contributed by atoms with E-state index >= 15 is 0 Å². The molecular weight excluding hydrogens is 378 g/mol. The normalized spacial score (nSPS) is 12.2. The fourth-order valence-corrected chi connectivity index (χ4v) is 3.67. The molecular formula is C17H16BrNO3S. The smallest absolute Gasteiger partial charge is 0.231 e. The number of nitrogens with one attached hydrogen (secondary N) is 1. The predicted molar refractivity (Wildman–Crippen MR) is 93.9 cm³/mol. The van der Waals surface area contributed by atoms with Gasteiger partial charge < -0.3 is 14.8 Å². The molecule has 2 aromatic rings. The van der Waals surface area contributed by atoms with E-state index in [4.69, 9.17) is 9.47 Å². The number of fused-ring (bicyclic) bond motifs is 1. The van der Waals surface area contributed by atoms with Crippen LogP contribution in [0.3, 0.4) is 0 Å². The third-order valence-corrected chi connectivity index (χ3v) is 5.38. The van der Waals surface area contributed by atoms with E-state index < -0.39 is 0 Å². The van der Waals surface area contributed by atoms with Crippen molar-refractivity contribution in [2.75, 3.05) is 12.5 Å². The third kappa shape index (κ3) is 4.42. The van der Waals surface area contributed by atoms with Crippen molar-refractivity contribution < 1.29 is 14.3 Å². The van der Waals surface area contributed by atoms with E-state index in [1.807, 2.05) is 42.5 Å². The van der Waals surface area contributed by atoms with Gasteiger partial charge in [-0.25, -0.2) is 0 Å². The zero-order valence-electron chi connectivity index (χ0n) is 12.4. The van der Waals surface area contributed by atoms with E-state index in [9.17, 15) is 4.79 Å². The minimum Gasteiger partial charge on any atom is -0.454 e. The van der Waals surface area contributed by atoms with Crippen molar-refractivity contribution in [1.82, 2.24) is 5.32 Å². The molecule has 3 rings (SSSR count). The Morgan fingerprint density at radius 3 is 2.87 bits per heavy atom. The number of amides is 1. The lowest BCUT2D eigenvalue weighted by atomic mass is 10.2. The van der Waals surface area contributed by atoms with Crippen LogP contribution in [0.5, 0.6) is 11.5 Å². The van der Waals surface area contributed by atoms with Gasteiger partial charge in [0.05, 0.1) is 0 Å². The van der Waals surface area contributed by atoms with E-state index in [0.29, 0.717) is 13.0 Å². The highest BCUT2D eigenvalue weighted by atomic mass is 79.9. The van der Waals surface area contributed by atoms with Crippen molar-refractivity contribution >= 4 is 33.6 Å². The average molecular weight is 394 g/mol. The lowest BCUT2D eigenvalue weighted by Crippen LogP contribution is -2.22. The van der Waals surface area contributed by atoms with Crippen LogP contribution in [-0.4, -0.2) is 18.5 Å². The van der Waals surface area contributed by atoms with E-state index in [1.54, 1.807) is 11.8 Å². The number of hydrogen-bond donors (Lipinski definition) is 1. The molecule has 6 heteroatoms. The fourth-order valence-electron chi connectivity index (χ4n) is 2.16. The molecule has 4 nitrogen and oxygen atoms in total. The molecule has 0 aliphatic carbocycles. The number of carbonyl (C=O) groups excluding carboxylic acids is 1. The van der Waals surface area contributed by atoms with E-state index in [1.165, 1.54) is 0 Å². The summed E-state index contributed by atoms with van der Waals surface area (Å²) in [4.78, 5) is 13.1. The van der Waals surface area contributed by atoms with Crippen LogP contribution in [0.2, 0.25) is 0 Å². The lowest BCUT2D eigenvalue weighted by molar-refractivity contribution is -0.120. The molecule has 1 aliphatic rings. The first-order valence-corrected chi connectivity index (χ1v) is 9.03. The summed E-state index contributed by atoms with van der Waals surface area (Å²) in [6.07, 6.45) is 0.483. The Morgan fingerprint density at radius 2 is 2.00 bits per heavy atom. The highest BCUT2D eigenvalue weighted by molar-refractivity contribution is 9.10. The van der Waals surface area contributed by atoms with Crippen LogP contribution in [0.4, 0.5) is 0 Å². The molecule has 0 spiro atoms. The lowest BCUT2D eigenvalue weighted by Gasteiger charge is -2.07. The summed E-state index contributed by atoms with van der Waals surface area (Å²) in [6.45, 7) is 0.757. The molecule has 23 heavy (non-hydrogen) atoms. The summed E-state index contributed by atoms with van der Waals surface area (Å²) in [7, 11) is 0. The molecule has 1 N–H and O–H groups in total. The number of halogens is 1. The molecule has 0 fully saturated rings. The molecule has 1 aliphatic heterocycles. The van der Waals surface area contributed by atoms with Gasteiger partial charge in [0.25, 0.3) is 0 Å². The minimum atomic E-state index is 0.0437. The summed E-state index contributed by atoms with van der Waals surface area (Å²) in [5, 5.41) is 2.93. The number of ether oxygens (including phenoxy) is 2. The highest BCUT2D eigenvalue weighted by Crippen LogP contribution is 2.32. The molecule has 0 unspecified atom stereocenters. The van der Waals surface area contributed by atoms with Crippen molar-refractivity contribution in [1.29, 1.82) is 0 Å². The van der Waals surface area contributed by atoms with Gasteiger partial charge in [0.2, 0.25) is 12.7 Å². The molecule has 0 atom stereocenters. The minimum absolute atomic E-state index is 0.0437. The van der Waals surface area contributed by atoms with Gasteiger partial charge in [-0.3, -0.25) is 4.79 Å². The molecule has 0 saturated carbocycles. The monoisotopic (exact) mass is 393 g/mol. The first-order valence-electron chi connectivity index (χ1n) is 7.25. The molecule has 120 valence electrons.